The molecule has 100 valence electrons. The Morgan fingerprint density at radius 2 is 2.11 bits per heavy atom. The fourth-order valence-corrected chi connectivity index (χ4v) is 1.85. The first kappa shape index (κ1) is 13.2. The molecule has 0 bridgehead atoms. The van der Waals surface area contributed by atoms with E-state index in [-0.39, 0.29) is 5.91 Å². The molecule has 0 spiro atoms. The van der Waals surface area contributed by atoms with Crippen molar-refractivity contribution in [1.29, 1.82) is 0 Å². The molecule has 0 fully saturated rings. The summed E-state index contributed by atoms with van der Waals surface area (Å²) in [5.41, 5.74) is 8.57. The number of hydrogen-bond acceptors (Lipinski definition) is 3. The van der Waals surface area contributed by atoms with Crippen molar-refractivity contribution in [2.45, 2.75) is 26.8 Å². The summed E-state index contributed by atoms with van der Waals surface area (Å²) in [7, 11) is 0. The number of benzene rings is 1. The average molecular weight is 258 g/mol. The minimum Gasteiger partial charge on any atom is -0.456 e. The third-order valence-corrected chi connectivity index (χ3v) is 3.16. The van der Waals surface area contributed by atoms with Crippen LogP contribution in [0.2, 0.25) is 0 Å². The number of furan rings is 1. The summed E-state index contributed by atoms with van der Waals surface area (Å²) in [6.07, 6.45) is 0.779. The number of nitrogen functional groups attached to an aromatic ring is 1. The molecule has 3 N–H and O–H groups in total. The maximum absolute atomic E-state index is 11.9. The van der Waals surface area contributed by atoms with E-state index < -0.39 is 0 Å². The highest BCUT2D eigenvalue weighted by molar-refractivity contribution is 5.91. The third-order valence-electron chi connectivity index (χ3n) is 3.16. The summed E-state index contributed by atoms with van der Waals surface area (Å²) < 4.78 is 5.40. The third kappa shape index (κ3) is 2.96. The second-order valence-electron chi connectivity index (χ2n) is 4.43. The van der Waals surface area contributed by atoms with Crippen molar-refractivity contribution in [2.75, 3.05) is 5.73 Å². The van der Waals surface area contributed by atoms with Crippen LogP contribution in [0.5, 0.6) is 0 Å². The van der Waals surface area contributed by atoms with Crippen molar-refractivity contribution in [3.63, 3.8) is 0 Å². The Hall–Kier alpha value is -2.23. The number of anilines is 1. The number of nitrogens with one attached hydrogen (secondary N) is 1. The summed E-state index contributed by atoms with van der Waals surface area (Å²) in [4.78, 5) is 11.9. The predicted molar refractivity (Wildman–Crippen MR) is 74.8 cm³/mol. The number of rotatable bonds is 4. The van der Waals surface area contributed by atoms with E-state index in [2.05, 4.69) is 5.32 Å². The average Bonchev–Trinajstić information content (AvgIpc) is 2.89. The lowest BCUT2D eigenvalue weighted by atomic mass is 10.1. The minimum atomic E-state index is -0.207. The van der Waals surface area contributed by atoms with Crippen molar-refractivity contribution in [2.24, 2.45) is 0 Å². The zero-order valence-electron chi connectivity index (χ0n) is 11.2. The quantitative estimate of drug-likeness (QED) is 0.828. The normalized spacial score (nSPS) is 10.4. The Morgan fingerprint density at radius 1 is 1.32 bits per heavy atom. The highest BCUT2D eigenvalue weighted by Gasteiger charge is 2.11. The summed E-state index contributed by atoms with van der Waals surface area (Å²) >= 11 is 0. The SMILES string of the molecule is CCc1ccc(C(=O)NCc2cccc(N)c2C)o1. The Morgan fingerprint density at radius 3 is 2.79 bits per heavy atom. The van der Waals surface area contributed by atoms with E-state index in [0.717, 1.165) is 29.0 Å². The van der Waals surface area contributed by atoms with Gasteiger partial charge in [0.15, 0.2) is 5.76 Å². The molecule has 0 atom stereocenters. The van der Waals surface area contributed by atoms with E-state index in [0.29, 0.717) is 12.3 Å². The predicted octanol–water partition coefficient (Wildman–Crippen LogP) is 2.66. The van der Waals surface area contributed by atoms with Gasteiger partial charge in [-0.05, 0) is 36.2 Å². The van der Waals surface area contributed by atoms with Crippen LogP contribution in [0.1, 0.15) is 34.4 Å². The van der Waals surface area contributed by atoms with Crippen LogP contribution in [-0.2, 0) is 13.0 Å². The zero-order valence-corrected chi connectivity index (χ0v) is 11.2. The van der Waals surface area contributed by atoms with Crippen LogP contribution in [0.3, 0.4) is 0 Å². The second kappa shape index (κ2) is 5.61. The molecule has 1 amide bonds. The fraction of sp³-hybridized carbons (Fsp3) is 0.267. The first-order valence-electron chi connectivity index (χ1n) is 6.32. The smallest absolute Gasteiger partial charge is 0.287 e. The van der Waals surface area contributed by atoms with Crippen LogP contribution in [0.15, 0.2) is 34.7 Å². The second-order valence-corrected chi connectivity index (χ2v) is 4.43. The standard InChI is InChI=1S/C15H18N2O2/c1-3-12-7-8-14(19-12)15(18)17-9-11-5-4-6-13(16)10(11)2/h4-8H,3,9,16H2,1-2H3,(H,17,18). The molecule has 0 unspecified atom stereocenters. The molecule has 0 saturated heterocycles. The van der Waals surface area contributed by atoms with Gasteiger partial charge in [0, 0.05) is 18.7 Å². The molecule has 0 saturated carbocycles. The van der Waals surface area contributed by atoms with Crippen LogP contribution in [0, 0.1) is 6.92 Å². The molecule has 2 rings (SSSR count). The topological polar surface area (TPSA) is 68.3 Å². The summed E-state index contributed by atoms with van der Waals surface area (Å²) in [6, 6.07) is 9.19. The molecule has 1 heterocycles. The number of aryl methyl sites for hydroxylation is 1. The molecule has 1 aromatic heterocycles. The molecule has 19 heavy (non-hydrogen) atoms. The van der Waals surface area contributed by atoms with Gasteiger partial charge in [-0.3, -0.25) is 4.79 Å². The Balaban J connectivity index is 2.02. The molecule has 0 aliphatic rings. The molecular weight excluding hydrogens is 240 g/mol. The van der Waals surface area contributed by atoms with E-state index in [1.54, 1.807) is 6.07 Å². The van der Waals surface area contributed by atoms with Gasteiger partial charge in [0.2, 0.25) is 0 Å². The molecular formula is C15H18N2O2. The first-order chi connectivity index (χ1) is 9.11. The largest absolute Gasteiger partial charge is 0.456 e. The van der Waals surface area contributed by atoms with Crippen molar-refractivity contribution in [3.8, 4) is 0 Å². The van der Waals surface area contributed by atoms with Crippen LogP contribution in [0.4, 0.5) is 5.69 Å². The van der Waals surface area contributed by atoms with E-state index in [4.69, 9.17) is 10.2 Å². The van der Waals surface area contributed by atoms with Gasteiger partial charge >= 0.3 is 0 Å². The molecule has 2 aromatic rings. The first-order valence-corrected chi connectivity index (χ1v) is 6.32. The van der Waals surface area contributed by atoms with Gasteiger partial charge in [0.25, 0.3) is 5.91 Å². The minimum absolute atomic E-state index is 0.207. The van der Waals surface area contributed by atoms with Gasteiger partial charge in [0.05, 0.1) is 0 Å². The molecule has 0 aliphatic carbocycles. The maximum Gasteiger partial charge on any atom is 0.287 e. The molecule has 4 heteroatoms. The van der Waals surface area contributed by atoms with Crippen molar-refractivity contribution < 1.29 is 9.21 Å². The van der Waals surface area contributed by atoms with Gasteiger partial charge < -0.3 is 15.5 Å². The summed E-state index contributed by atoms with van der Waals surface area (Å²) in [6.45, 7) is 4.37. The van der Waals surface area contributed by atoms with Crippen LogP contribution >= 0.6 is 0 Å². The lowest BCUT2D eigenvalue weighted by molar-refractivity contribution is 0.0921. The number of hydrogen-bond donors (Lipinski definition) is 2. The van der Waals surface area contributed by atoms with E-state index in [9.17, 15) is 4.79 Å². The lowest BCUT2D eigenvalue weighted by Crippen LogP contribution is -2.22. The van der Waals surface area contributed by atoms with Crippen molar-refractivity contribution >= 4 is 11.6 Å². The van der Waals surface area contributed by atoms with Crippen LogP contribution in [0.25, 0.3) is 0 Å². The Labute approximate surface area is 112 Å². The zero-order chi connectivity index (χ0) is 13.8. The van der Waals surface area contributed by atoms with Gasteiger partial charge in [-0.2, -0.15) is 0 Å². The number of carbonyl (C=O) groups excluding carboxylic acids is 1. The van der Waals surface area contributed by atoms with Gasteiger partial charge in [-0.15, -0.1) is 0 Å². The lowest BCUT2D eigenvalue weighted by Gasteiger charge is -2.08. The molecule has 0 aliphatic heterocycles. The maximum atomic E-state index is 11.9. The van der Waals surface area contributed by atoms with Gasteiger partial charge in [-0.1, -0.05) is 19.1 Å². The van der Waals surface area contributed by atoms with Crippen molar-refractivity contribution in [3.05, 3.63) is 53.0 Å². The van der Waals surface area contributed by atoms with Gasteiger partial charge in [-0.25, -0.2) is 0 Å². The molecule has 0 radical (unpaired) electrons. The fourth-order valence-electron chi connectivity index (χ4n) is 1.85. The van der Waals surface area contributed by atoms with E-state index in [1.165, 1.54) is 0 Å². The van der Waals surface area contributed by atoms with Crippen LogP contribution in [-0.4, -0.2) is 5.91 Å². The van der Waals surface area contributed by atoms with E-state index in [1.807, 2.05) is 38.1 Å². The highest BCUT2D eigenvalue weighted by atomic mass is 16.3. The highest BCUT2D eigenvalue weighted by Crippen LogP contribution is 2.15. The molecule has 4 nitrogen and oxygen atoms in total. The van der Waals surface area contributed by atoms with Crippen LogP contribution < -0.4 is 11.1 Å². The number of nitrogens with two attached hydrogens (primary N) is 1. The monoisotopic (exact) mass is 258 g/mol. The summed E-state index contributed by atoms with van der Waals surface area (Å²) in [5.74, 6) is 0.949. The van der Waals surface area contributed by atoms with E-state index >= 15 is 0 Å². The van der Waals surface area contributed by atoms with Gasteiger partial charge in [0.1, 0.15) is 5.76 Å². The Bertz CT molecular complexity index is 588. The Kier molecular flexibility index (Phi) is 3.90. The molecule has 1 aromatic carbocycles. The van der Waals surface area contributed by atoms with Crippen molar-refractivity contribution in [1.82, 2.24) is 5.32 Å². The number of carbonyl (C=O) groups is 1. The summed E-state index contributed by atoms with van der Waals surface area (Å²) in [5, 5.41) is 2.83. The number of amides is 1.